The van der Waals surface area contributed by atoms with Crippen molar-refractivity contribution in [3.8, 4) is 11.5 Å². The van der Waals surface area contributed by atoms with E-state index in [2.05, 4.69) is 46.7 Å². The maximum Gasteiger partial charge on any atom is 0.229 e. The van der Waals surface area contributed by atoms with Crippen LogP contribution in [0.5, 0.6) is 11.5 Å². The van der Waals surface area contributed by atoms with Gasteiger partial charge in [0.05, 0.1) is 16.2 Å². The second-order valence-electron chi connectivity index (χ2n) is 6.89. The van der Waals surface area contributed by atoms with Gasteiger partial charge in [0.2, 0.25) is 5.95 Å². The summed E-state index contributed by atoms with van der Waals surface area (Å²) in [5, 5.41) is 15.2. The van der Waals surface area contributed by atoms with Gasteiger partial charge in [-0.2, -0.15) is 10.1 Å². The standard InChI is InChI=1S/C23H16BrClN6O/c24-20-13-26-23(29-17-5-10-21-14(11-17)12-27-31-21)30-22(20)28-16-3-8-19(9-4-16)32-18-6-1-15(25)2-7-18/h1-13H,(H,27,31)(H2,26,28,29,30). The molecule has 0 radical (unpaired) electrons. The zero-order chi connectivity index (χ0) is 21.9. The van der Waals surface area contributed by atoms with E-state index < -0.39 is 0 Å². The molecule has 0 unspecified atom stereocenters. The Morgan fingerprint density at radius 1 is 0.844 bits per heavy atom. The highest BCUT2D eigenvalue weighted by Crippen LogP contribution is 2.28. The Balaban J connectivity index is 1.29. The van der Waals surface area contributed by atoms with Gasteiger partial charge in [-0.05, 0) is 82.7 Å². The van der Waals surface area contributed by atoms with Crippen LogP contribution in [0, 0.1) is 0 Å². The van der Waals surface area contributed by atoms with E-state index in [1.165, 1.54) is 0 Å². The van der Waals surface area contributed by atoms with Crippen LogP contribution in [-0.4, -0.2) is 20.2 Å². The molecule has 9 heteroatoms. The number of aromatic nitrogens is 4. The molecule has 0 bridgehead atoms. The lowest BCUT2D eigenvalue weighted by atomic mass is 10.2. The molecule has 0 aliphatic carbocycles. The highest BCUT2D eigenvalue weighted by molar-refractivity contribution is 9.10. The molecule has 32 heavy (non-hydrogen) atoms. The molecule has 2 heterocycles. The summed E-state index contributed by atoms with van der Waals surface area (Å²) in [6.07, 6.45) is 3.47. The summed E-state index contributed by atoms with van der Waals surface area (Å²) in [5.74, 6) is 2.55. The fourth-order valence-electron chi connectivity index (χ4n) is 3.05. The van der Waals surface area contributed by atoms with E-state index in [1.54, 1.807) is 24.5 Å². The molecule has 0 amide bonds. The number of aromatic amines is 1. The SMILES string of the molecule is Clc1ccc(Oc2ccc(Nc3nc(Nc4ccc5[nH]ncc5c4)ncc3Br)cc2)cc1. The van der Waals surface area contributed by atoms with Crippen LogP contribution in [-0.2, 0) is 0 Å². The Hall–Kier alpha value is -3.62. The molecule has 3 aromatic carbocycles. The fraction of sp³-hybridized carbons (Fsp3) is 0. The summed E-state index contributed by atoms with van der Waals surface area (Å²) in [6, 6.07) is 20.7. The van der Waals surface area contributed by atoms with Gasteiger partial charge in [0.25, 0.3) is 0 Å². The van der Waals surface area contributed by atoms with Gasteiger partial charge >= 0.3 is 0 Å². The first-order valence-corrected chi connectivity index (χ1v) is 10.8. The first kappa shape index (κ1) is 20.3. The van der Waals surface area contributed by atoms with E-state index in [0.717, 1.165) is 38.2 Å². The lowest BCUT2D eigenvalue weighted by Crippen LogP contribution is -2.01. The van der Waals surface area contributed by atoms with Crippen molar-refractivity contribution in [2.24, 2.45) is 0 Å². The summed E-state index contributed by atoms with van der Waals surface area (Å²) in [6.45, 7) is 0. The molecular weight excluding hydrogens is 492 g/mol. The molecule has 0 atom stereocenters. The van der Waals surface area contributed by atoms with Crippen LogP contribution in [0.2, 0.25) is 5.02 Å². The maximum atomic E-state index is 5.91. The summed E-state index contributed by atoms with van der Waals surface area (Å²) >= 11 is 9.42. The third kappa shape index (κ3) is 4.66. The first-order chi connectivity index (χ1) is 15.6. The lowest BCUT2D eigenvalue weighted by molar-refractivity contribution is 0.483. The monoisotopic (exact) mass is 506 g/mol. The zero-order valence-electron chi connectivity index (χ0n) is 16.5. The van der Waals surface area contributed by atoms with Crippen LogP contribution in [0.3, 0.4) is 0 Å². The molecule has 0 spiro atoms. The van der Waals surface area contributed by atoms with Gasteiger partial charge in [0, 0.05) is 28.0 Å². The normalized spacial score (nSPS) is 10.8. The molecule has 3 N–H and O–H groups in total. The number of halogens is 2. The van der Waals surface area contributed by atoms with Crippen molar-refractivity contribution in [1.29, 1.82) is 0 Å². The minimum absolute atomic E-state index is 0.473. The Kier molecular flexibility index (Phi) is 5.62. The topological polar surface area (TPSA) is 87.8 Å². The quantitative estimate of drug-likeness (QED) is 0.228. The van der Waals surface area contributed by atoms with Gasteiger partial charge in [-0.15, -0.1) is 0 Å². The summed E-state index contributed by atoms with van der Waals surface area (Å²) < 4.78 is 6.58. The molecule has 5 aromatic rings. The number of benzene rings is 3. The van der Waals surface area contributed by atoms with Crippen LogP contribution in [0.1, 0.15) is 0 Å². The molecule has 0 saturated heterocycles. The van der Waals surface area contributed by atoms with E-state index in [4.69, 9.17) is 16.3 Å². The largest absolute Gasteiger partial charge is 0.457 e. The lowest BCUT2D eigenvalue weighted by Gasteiger charge is -2.11. The molecule has 2 aromatic heterocycles. The predicted molar refractivity (Wildman–Crippen MR) is 130 cm³/mol. The van der Waals surface area contributed by atoms with Gasteiger partial charge in [-0.3, -0.25) is 5.10 Å². The van der Waals surface area contributed by atoms with Gasteiger partial charge in [-0.1, -0.05) is 11.6 Å². The third-order valence-corrected chi connectivity index (χ3v) is 5.44. The Morgan fingerprint density at radius 2 is 1.56 bits per heavy atom. The zero-order valence-corrected chi connectivity index (χ0v) is 18.9. The number of nitrogens with zero attached hydrogens (tertiary/aromatic N) is 3. The van der Waals surface area contributed by atoms with E-state index >= 15 is 0 Å². The Morgan fingerprint density at radius 3 is 2.34 bits per heavy atom. The van der Waals surface area contributed by atoms with E-state index in [0.29, 0.717) is 16.8 Å². The summed E-state index contributed by atoms with van der Waals surface area (Å²) in [4.78, 5) is 8.93. The first-order valence-electron chi connectivity index (χ1n) is 9.66. The van der Waals surface area contributed by atoms with E-state index in [-0.39, 0.29) is 0 Å². The molecule has 5 rings (SSSR count). The highest BCUT2D eigenvalue weighted by Gasteiger charge is 2.08. The van der Waals surface area contributed by atoms with Gasteiger partial charge < -0.3 is 15.4 Å². The fourth-order valence-corrected chi connectivity index (χ4v) is 3.46. The summed E-state index contributed by atoms with van der Waals surface area (Å²) in [5.41, 5.74) is 2.70. The second-order valence-corrected chi connectivity index (χ2v) is 8.18. The van der Waals surface area contributed by atoms with Crippen molar-refractivity contribution in [2.45, 2.75) is 0 Å². The number of hydrogen-bond donors (Lipinski definition) is 3. The van der Waals surface area contributed by atoms with Crippen molar-refractivity contribution < 1.29 is 4.74 Å². The smallest absolute Gasteiger partial charge is 0.229 e. The molecular formula is C23H16BrClN6O. The van der Waals surface area contributed by atoms with Gasteiger partial charge in [-0.25, -0.2) is 4.98 Å². The van der Waals surface area contributed by atoms with Crippen molar-refractivity contribution in [2.75, 3.05) is 10.6 Å². The molecule has 0 aliphatic rings. The average Bonchev–Trinajstić information content (AvgIpc) is 3.27. The third-order valence-electron chi connectivity index (χ3n) is 4.61. The number of hydrogen-bond acceptors (Lipinski definition) is 6. The number of H-pyrrole nitrogens is 1. The van der Waals surface area contributed by atoms with Crippen molar-refractivity contribution >= 4 is 61.6 Å². The van der Waals surface area contributed by atoms with E-state index in [1.807, 2.05) is 54.6 Å². The highest BCUT2D eigenvalue weighted by atomic mass is 79.9. The van der Waals surface area contributed by atoms with Crippen molar-refractivity contribution in [1.82, 2.24) is 20.2 Å². The van der Waals surface area contributed by atoms with Gasteiger partial charge in [0.15, 0.2) is 0 Å². The molecule has 0 saturated carbocycles. The second kappa shape index (κ2) is 8.86. The number of anilines is 4. The Labute approximate surface area is 197 Å². The van der Waals surface area contributed by atoms with Gasteiger partial charge in [0.1, 0.15) is 17.3 Å². The van der Waals surface area contributed by atoms with Crippen LogP contribution < -0.4 is 15.4 Å². The van der Waals surface area contributed by atoms with E-state index in [9.17, 15) is 0 Å². The van der Waals surface area contributed by atoms with Crippen LogP contribution >= 0.6 is 27.5 Å². The molecule has 0 fully saturated rings. The number of nitrogens with one attached hydrogen (secondary N) is 3. The van der Waals surface area contributed by atoms with Crippen LogP contribution in [0.15, 0.2) is 83.6 Å². The average molecular weight is 508 g/mol. The molecule has 7 nitrogen and oxygen atoms in total. The molecule has 0 aliphatic heterocycles. The van der Waals surface area contributed by atoms with Crippen LogP contribution in [0.4, 0.5) is 23.1 Å². The minimum Gasteiger partial charge on any atom is -0.457 e. The van der Waals surface area contributed by atoms with Crippen molar-refractivity contribution in [3.63, 3.8) is 0 Å². The van der Waals surface area contributed by atoms with Crippen molar-refractivity contribution in [3.05, 3.63) is 88.6 Å². The predicted octanol–water partition coefficient (Wildman–Crippen LogP) is 7.05. The maximum absolute atomic E-state index is 5.91. The van der Waals surface area contributed by atoms with Crippen LogP contribution in [0.25, 0.3) is 10.9 Å². The minimum atomic E-state index is 0.473. The number of rotatable bonds is 6. The Bertz CT molecular complexity index is 1370. The summed E-state index contributed by atoms with van der Waals surface area (Å²) in [7, 11) is 0. The molecule has 158 valence electrons. The number of ether oxygens (including phenoxy) is 1. The number of fused-ring (bicyclic) bond motifs is 1.